The molecule has 0 radical (unpaired) electrons. The highest BCUT2D eigenvalue weighted by molar-refractivity contribution is 6.32. The summed E-state index contributed by atoms with van der Waals surface area (Å²) in [5.74, 6) is -0.605. The van der Waals surface area contributed by atoms with Gasteiger partial charge in [0.05, 0.1) is 16.8 Å². The third-order valence-corrected chi connectivity index (χ3v) is 5.29. The van der Waals surface area contributed by atoms with Crippen LogP contribution >= 0.6 is 11.6 Å². The highest BCUT2D eigenvalue weighted by Crippen LogP contribution is 2.30. The minimum absolute atomic E-state index is 0.0618. The first-order chi connectivity index (χ1) is 15.7. The molecule has 0 unspecified atom stereocenters. The molecule has 0 saturated heterocycles. The molecule has 1 amide bonds. The zero-order chi connectivity index (χ0) is 23.6. The quantitative estimate of drug-likeness (QED) is 0.284. The molecule has 168 valence electrons. The highest BCUT2D eigenvalue weighted by atomic mass is 35.5. The van der Waals surface area contributed by atoms with Crippen molar-refractivity contribution in [3.05, 3.63) is 100 Å². The summed E-state index contributed by atoms with van der Waals surface area (Å²) in [6.45, 7) is 0.298. The lowest BCUT2D eigenvalue weighted by atomic mass is 10.1. The molecule has 0 fully saturated rings. The maximum Gasteiger partial charge on any atom is 0.416 e. The van der Waals surface area contributed by atoms with E-state index in [1.54, 1.807) is 12.1 Å². The Hall–Kier alpha value is -3.78. The van der Waals surface area contributed by atoms with Gasteiger partial charge in [-0.05, 0) is 59.7 Å². The van der Waals surface area contributed by atoms with Gasteiger partial charge in [0.1, 0.15) is 5.75 Å². The Morgan fingerprint density at radius 3 is 2.67 bits per heavy atom. The molecule has 0 spiro atoms. The van der Waals surface area contributed by atoms with Crippen LogP contribution < -0.4 is 5.43 Å². The van der Waals surface area contributed by atoms with Gasteiger partial charge in [0.15, 0.2) is 0 Å². The number of hydrazone groups is 1. The summed E-state index contributed by atoms with van der Waals surface area (Å²) in [7, 11) is 0. The van der Waals surface area contributed by atoms with Gasteiger partial charge in [0.25, 0.3) is 5.91 Å². The first kappa shape index (κ1) is 22.4. The number of phenols is 1. The van der Waals surface area contributed by atoms with Crippen LogP contribution in [0.1, 0.15) is 27.0 Å². The maximum atomic E-state index is 13.0. The van der Waals surface area contributed by atoms with E-state index in [9.17, 15) is 23.1 Å². The van der Waals surface area contributed by atoms with Gasteiger partial charge in [-0.1, -0.05) is 29.8 Å². The smallest absolute Gasteiger partial charge is 0.416 e. The molecule has 0 aliphatic heterocycles. The van der Waals surface area contributed by atoms with E-state index in [4.69, 9.17) is 11.6 Å². The van der Waals surface area contributed by atoms with Crippen molar-refractivity contribution in [1.29, 1.82) is 0 Å². The first-order valence-electron chi connectivity index (χ1n) is 9.78. The number of hydrogen-bond acceptors (Lipinski definition) is 3. The molecule has 0 aliphatic rings. The topological polar surface area (TPSA) is 66.6 Å². The van der Waals surface area contributed by atoms with Crippen molar-refractivity contribution >= 4 is 34.6 Å². The summed E-state index contributed by atoms with van der Waals surface area (Å²) in [5.41, 5.74) is 4.09. The van der Waals surface area contributed by atoms with Crippen LogP contribution in [0.25, 0.3) is 10.9 Å². The van der Waals surface area contributed by atoms with Gasteiger partial charge in [-0.3, -0.25) is 4.79 Å². The van der Waals surface area contributed by atoms with Gasteiger partial charge in [-0.25, -0.2) is 5.43 Å². The molecule has 5 nitrogen and oxygen atoms in total. The van der Waals surface area contributed by atoms with Crippen molar-refractivity contribution in [2.75, 3.05) is 0 Å². The molecule has 4 aromatic rings. The third-order valence-electron chi connectivity index (χ3n) is 4.99. The van der Waals surface area contributed by atoms with Gasteiger partial charge < -0.3 is 9.67 Å². The number of benzene rings is 3. The largest absolute Gasteiger partial charge is 0.506 e. The van der Waals surface area contributed by atoms with Gasteiger partial charge in [-0.15, -0.1) is 0 Å². The van der Waals surface area contributed by atoms with Crippen molar-refractivity contribution in [2.45, 2.75) is 12.7 Å². The Balaban J connectivity index is 1.46. The van der Waals surface area contributed by atoms with Crippen LogP contribution in [0.15, 0.2) is 78.0 Å². The molecule has 2 N–H and O–H groups in total. The second kappa shape index (κ2) is 8.99. The van der Waals surface area contributed by atoms with Crippen molar-refractivity contribution < 1.29 is 23.1 Å². The lowest BCUT2D eigenvalue weighted by Gasteiger charge is -2.10. The molecular formula is C24H17ClF3N3O2. The van der Waals surface area contributed by atoms with Gasteiger partial charge in [0, 0.05) is 29.2 Å². The standard InChI is InChI=1S/C24H17ClF3N3O2/c25-20-12-18(5-7-22(20)32)23(33)30-29-13-15-4-6-21-17(10-15)8-9-31(21)14-16-2-1-3-19(11-16)24(26,27)28/h1-13,32H,14H2,(H,30,33). The van der Waals surface area contributed by atoms with E-state index in [0.29, 0.717) is 12.1 Å². The Morgan fingerprint density at radius 1 is 1.09 bits per heavy atom. The number of halogens is 4. The Bertz CT molecular complexity index is 1360. The second-order valence-electron chi connectivity index (χ2n) is 7.33. The molecule has 0 saturated carbocycles. The number of alkyl halides is 3. The third kappa shape index (κ3) is 5.18. The molecule has 3 aromatic carbocycles. The molecule has 0 aliphatic carbocycles. The zero-order valence-electron chi connectivity index (χ0n) is 17.0. The lowest BCUT2D eigenvalue weighted by Crippen LogP contribution is -2.17. The average molecular weight is 472 g/mol. The van der Waals surface area contributed by atoms with Crippen LogP contribution in [0.2, 0.25) is 5.02 Å². The number of hydrogen-bond donors (Lipinski definition) is 2. The van der Waals surface area contributed by atoms with Crippen LogP contribution in [0.3, 0.4) is 0 Å². The minimum Gasteiger partial charge on any atom is -0.506 e. The number of nitrogens with one attached hydrogen (secondary N) is 1. The molecule has 0 bridgehead atoms. The first-order valence-corrected chi connectivity index (χ1v) is 10.2. The molecule has 9 heteroatoms. The van der Waals surface area contributed by atoms with Crippen molar-refractivity contribution in [2.24, 2.45) is 5.10 Å². The number of aromatic hydroxyl groups is 1. The number of aromatic nitrogens is 1. The molecule has 1 aromatic heterocycles. The number of fused-ring (bicyclic) bond motifs is 1. The maximum absolute atomic E-state index is 13.0. The van der Waals surface area contributed by atoms with Crippen LogP contribution in [-0.2, 0) is 12.7 Å². The fourth-order valence-electron chi connectivity index (χ4n) is 3.36. The Kier molecular flexibility index (Phi) is 6.11. The summed E-state index contributed by atoms with van der Waals surface area (Å²) in [6.07, 6.45) is -1.10. The van der Waals surface area contributed by atoms with Crippen LogP contribution in [-0.4, -0.2) is 21.8 Å². The van der Waals surface area contributed by atoms with E-state index >= 15 is 0 Å². The zero-order valence-corrected chi connectivity index (χ0v) is 17.7. The number of carbonyl (C=O) groups excluding carboxylic acids is 1. The fourth-order valence-corrected chi connectivity index (χ4v) is 3.54. The molecule has 33 heavy (non-hydrogen) atoms. The lowest BCUT2D eigenvalue weighted by molar-refractivity contribution is -0.137. The number of rotatable bonds is 5. The summed E-state index contributed by atoms with van der Waals surface area (Å²) in [5, 5.41) is 14.3. The monoisotopic (exact) mass is 471 g/mol. The van der Waals surface area contributed by atoms with Crippen molar-refractivity contribution in [3.63, 3.8) is 0 Å². The minimum atomic E-state index is -4.38. The Morgan fingerprint density at radius 2 is 1.91 bits per heavy atom. The Labute approximate surface area is 191 Å². The number of phenolic OH excluding ortho intramolecular Hbond substituents is 1. The van der Waals surface area contributed by atoms with E-state index in [0.717, 1.165) is 28.6 Å². The number of carbonyl (C=O) groups is 1. The van der Waals surface area contributed by atoms with Crippen LogP contribution in [0.5, 0.6) is 5.75 Å². The highest BCUT2D eigenvalue weighted by Gasteiger charge is 2.30. The van der Waals surface area contributed by atoms with E-state index in [-0.39, 0.29) is 16.3 Å². The van der Waals surface area contributed by atoms with E-state index in [1.807, 2.05) is 29.0 Å². The summed E-state index contributed by atoms with van der Waals surface area (Å²) in [4.78, 5) is 12.1. The molecule has 4 rings (SSSR count). The fraction of sp³-hybridized carbons (Fsp3) is 0.0833. The summed E-state index contributed by atoms with van der Waals surface area (Å²) < 4.78 is 40.8. The normalized spacial score (nSPS) is 11.9. The molecular weight excluding hydrogens is 455 g/mol. The average Bonchev–Trinajstić information content (AvgIpc) is 3.17. The SMILES string of the molecule is O=C(NN=Cc1ccc2c(ccn2Cc2cccc(C(F)(F)F)c2)c1)c1ccc(O)c(Cl)c1. The van der Waals surface area contributed by atoms with E-state index < -0.39 is 17.6 Å². The van der Waals surface area contributed by atoms with Crippen molar-refractivity contribution in [3.8, 4) is 5.75 Å². The van der Waals surface area contributed by atoms with Crippen LogP contribution in [0, 0.1) is 0 Å². The van der Waals surface area contributed by atoms with Gasteiger partial charge in [-0.2, -0.15) is 18.3 Å². The number of amides is 1. The molecule has 0 atom stereocenters. The summed E-state index contributed by atoms with van der Waals surface area (Å²) in [6, 6.07) is 16.7. The van der Waals surface area contributed by atoms with Gasteiger partial charge in [0.2, 0.25) is 0 Å². The summed E-state index contributed by atoms with van der Waals surface area (Å²) >= 11 is 5.80. The predicted octanol–water partition coefficient (Wildman–Crippen LogP) is 5.83. The van der Waals surface area contributed by atoms with Gasteiger partial charge >= 0.3 is 6.18 Å². The van der Waals surface area contributed by atoms with Crippen LogP contribution in [0.4, 0.5) is 13.2 Å². The van der Waals surface area contributed by atoms with Crippen molar-refractivity contribution in [1.82, 2.24) is 9.99 Å². The molecule has 1 heterocycles. The number of nitrogens with zero attached hydrogens (tertiary/aromatic N) is 2. The van der Waals surface area contributed by atoms with E-state index in [2.05, 4.69) is 10.5 Å². The predicted molar refractivity (Wildman–Crippen MR) is 121 cm³/mol. The van der Waals surface area contributed by atoms with E-state index in [1.165, 1.54) is 30.5 Å². The second-order valence-corrected chi connectivity index (χ2v) is 7.73.